The summed E-state index contributed by atoms with van der Waals surface area (Å²) in [6, 6.07) is 3.69. The molecule has 1 aromatic carbocycles. The molecule has 126 valence electrons. The minimum absolute atomic E-state index is 0.0209. The summed E-state index contributed by atoms with van der Waals surface area (Å²) >= 11 is 0. The van der Waals surface area contributed by atoms with Crippen LogP contribution in [0.15, 0.2) is 18.2 Å². The number of methoxy groups -OCH3 is 1. The number of carbonyl (C=O) groups excluding carboxylic acids is 2. The number of rotatable bonds is 8. The second-order valence-electron chi connectivity index (χ2n) is 5.25. The van der Waals surface area contributed by atoms with Gasteiger partial charge in [-0.05, 0) is 24.5 Å². The zero-order chi connectivity index (χ0) is 17.4. The van der Waals surface area contributed by atoms with E-state index in [4.69, 9.17) is 9.47 Å². The summed E-state index contributed by atoms with van der Waals surface area (Å²) in [5.74, 6) is -0.729. The number of hydrogen-bond acceptors (Lipinski definition) is 6. The second-order valence-corrected chi connectivity index (χ2v) is 5.25. The summed E-state index contributed by atoms with van der Waals surface area (Å²) < 4.78 is 9.69. The quantitative estimate of drug-likeness (QED) is 0.444. The molecule has 0 saturated carbocycles. The second kappa shape index (κ2) is 8.72. The van der Waals surface area contributed by atoms with Crippen LogP contribution in [0.1, 0.15) is 30.6 Å². The van der Waals surface area contributed by atoms with E-state index in [1.54, 1.807) is 0 Å². The SMILES string of the molecule is COc1ccc(C(=O)OCC(=O)NCCC(C)C)cc1[N+](=O)[O-]. The van der Waals surface area contributed by atoms with Crippen molar-refractivity contribution in [3.8, 4) is 5.75 Å². The van der Waals surface area contributed by atoms with Crippen LogP contribution in [-0.2, 0) is 9.53 Å². The van der Waals surface area contributed by atoms with Crippen molar-refractivity contribution in [2.75, 3.05) is 20.3 Å². The average molecular weight is 324 g/mol. The molecule has 0 aliphatic rings. The van der Waals surface area contributed by atoms with Gasteiger partial charge in [0.05, 0.1) is 17.6 Å². The molecule has 8 nitrogen and oxygen atoms in total. The first-order valence-corrected chi connectivity index (χ1v) is 7.11. The topological polar surface area (TPSA) is 108 Å². The van der Waals surface area contributed by atoms with Crippen LogP contribution in [0.3, 0.4) is 0 Å². The average Bonchev–Trinajstić information content (AvgIpc) is 2.51. The largest absolute Gasteiger partial charge is 0.490 e. The van der Waals surface area contributed by atoms with Crippen molar-refractivity contribution in [2.24, 2.45) is 5.92 Å². The zero-order valence-corrected chi connectivity index (χ0v) is 13.3. The fourth-order valence-corrected chi connectivity index (χ4v) is 1.73. The first-order valence-electron chi connectivity index (χ1n) is 7.11. The highest BCUT2D eigenvalue weighted by Gasteiger charge is 2.19. The van der Waals surface area contributed by atoms with Crippen LogP contribution in [0.25, 0.3) is 0 Å². The summed E-state index contributed by atoms with van der Waals surface area (Å²) in [6.07, 6.45) is 0.824. The lowest BCUT2D eigenvalue weighted by atomic mass is 10.1. The van der Waals surface area contributed by atoms with Crippen molar-refractivity contribution >= 4 is 17.6 Å². The molecule has 1 amide bonds. The number of carbonyl (C=O) groups is 2. The Morgan fingerprint density at radius 1 is 1.35 bits per heavy atom. The third kappa shape index (κ3) is 5.93. The molecular weight excluding hydrogens is 304 g/mol. The number of nitrogens with one attached hydrogen (secondary N) is 1. The third-order valence-electron chi connectivity index (χ3n) is 2.99. The predicted molar refractivity (Wildman–Crippen MR) is 82.4 cm³/mol. The lowest BCUT2D eigenvalue weighted by molar-refractivity contribution is -0.385. The van der Waals surface area contributed by atoms with Gasteiger partial charge in [-0.2, -0.15) is 0 Å². The molecule has 0 unspecified atom stereocenters. The van der Waals surface area contributed by atoms with Crippen molar-refractivity contribution in [3.05, 3.63) is 33.9 Å². The Morgan fingerprint density at radius 3 is 2.61 bits per heavy atom. The molecule has 1 N–H and O–H groups in total. The van der Waals surface area contributed by atoms with Crippen molar-refractivity contribution in [1.82, 2.24) is 5.32 Å². The van der Waals surface area contributed by atoms with Crippen LogP contribution in [0, 0.1) is 16.0 Å². The Balaban J connectivity index is 2.60. The summed E-state index contributed by atoms with van der Waals surface area (Å²) in [5.41, 5.74) is -0.365. The first-order chi connectivity index (χ1) is 10.8. The summed E-state index contributed by atoms with van der Waals surface area (Å²) in [4.78, 5) is 33.6. The van der Waals surface area contributed by atoms with Crippen molar-refractivity contribution in [1.29, 1.82) is 0 Å². The van der Waals surface area contributed by atoms with E-state index < -0.39 is 23.4 Å². The van der Waals surface area contributed by atoms with Gasteiger partial charge in [-0.1, -0.05) is 13.8 Å². The maximum absolute atomic E-state index is 11.8. The molecule has 0 fully saturated rings. The third-order valence-corrected chi connectivity index (χ3v) is 2.99. The molecule has 0 bridgehead atoms. The van der Waals surface area contributed by atoms with Crippen molar-refractivity contribution < 1.29 is 24.0 Å². The molecule has 0 aliphatic heterocycles. The Hall–Kier alpha value is -2.64. The smallest absolute Gasteiger partial charge is 0.338 e. The molecule has 0 atom stereocenters. The van der Waals surface area contributed by atoms with Gasteiger partial charge < -0.3 is 14.8 Å². The highest BCUT2D eigenvalue weighted by molar-refractivity contribution is 5.92. The molecule has 0 aliphatic carbocycles. The molecule has 0 saturated heterocycles. The number of amides is 1. The molecule has 1 aromatic rings. The Kier molecular flexibility index (Phi) is 6.98. The van der Waals surface area contributed by atoms with Crippen LogP contribution in [-0.4, -0.2) is 37.1 Å². The van der Waals surface area contributed by atoms with Gasteiger partial charge in [-0.3, -0.25) is 14.9 Å². The fraction of sp³-hybridized carbons (Fsp3) is 0.467. The van der Waals surface area contributed by atoms with Crippen LogP contribution in [0.4, 0.5) is 5.69 Å². The van der Waals surface area contributed by atoms with E-state index in [-0.39, 0.29) is 17.0 Å². The minimum atomic E-state index is -0.810. The summed E-state index contributed by atoms with van der Waals surface area (Å²) in [6.45, 7) is 4.13. The summed E-state index contributed by atoms with van der Waals surface area (Å²) in [5, 5.41) is 13.5. The van der Waals surface area contributed by atoms with E-state index in [2.05, 4.69) is 5.32 Å². The highest BCUT2D eigenvalue weighted by atomic mass is 16.6. The van der Waals surface area contributed by atoms with Crippen molar-refractivity contribution in [2.45, 2.75) is 20.3 Å². The number of benzene rings is 1. The van der Waals surface area contributed by atoms with Crippen molar-refractivity contribution in [3.63, 3.8) is 0 Å². The van der Waals surface area contributed by atoms with Gasteiger partial charge in [0.1, 0.15) is 0 Å². The lowest BCUT2D eigenvalue weighted by Crippen LogP contribution is -2.30. The molecule has 8 heteroatoms. The normalized spacial score (nSPS) is 10.3. The van der Waals surface area contributed by atoms with Gasteiger partial charge >= 0.3 is 11.7 Å². The molecule has 23 heavy (non-hydrogen) atoms. The lowest BCUT2D eigenvalue weighted by Gasteiger charge is -2.08. The van der Waals surface area contributed by atoms with E-state index in [0.717, 1.165) is 12.5 Å². The van der Waals surface area contributed by atoms with Gasteiger partial charge in [-0.15, -0.1) is 0 Å². The van der Waals surface area contributed by atoms with Gasteiger partial charge in [0.15, 0.2) is 12.4 Å². The molecule has 0 heterocycles. The number of hydrogen-bond donors (Lipinski definition) is 1. The summed E-state index contributed by atoms with van der Waals surface area (Å²) in [7, 11) is 1.29. The van der Waals surface area contributed by atoms with E-state index in [9.17, 15) is 19.7 Å². The maximum Gasteiger partial charge on any atom is 0.338 e. The molecule has 0 radical (unpaired) electrons. The highest BCUT2D eigenvalue weighted by Crippen LogP contribution is 2.27. The Labute approximate surface area is 133 Å². The number of nitrogens with zero attached hydrogens (tertiary/aromatic N) is 1. The van der Waals surface area contributed by atoms with Gasteiger partial charge in [0.25, 0.3) is 5.91 Å². The maximum atomic E-state index is 11.8. The van der Waals surface area contributed by atoms with Crippen LogP contribution in [0.2, 0.25) is 0 Å². The van der Waals surface area contributed by atoms with Crippen LogP contribution >= 0.6 is 0 Å². The minimum Gasteiger partial charge on any atom is -0.490 e. The molecular formula is C15H20N2O6. The molecule has 0 spiro atoms. The van der Waals surface area contributed by atoms with E-state index >= 15 is 0 Å². The monoisotopic (exact) mass is 324 g/mol. The number of nitro benzene ring substituents is 1. The van der Waals surface area contributed by atoms with Crippen LogP contribution in [0.5, 0.6) is 5.75 Å². The van der Waals surface area contributed by atoms with E-state index in [1.165, 1.54) is 19.2 Å². The first kappa shape index (κ1) is 18.4. The molecule has 0 aromatic heterocycles. The Morgan fingerprint density at radius 2 is 2.04 bits per heavy atom. The Bertz CT molecular complexity index is 585. The van der Waals surface area contributed by atoms with Crippen LogP contribution < -0.4 is 10.1 Å². The molecule has 1 rings (SSSR count). The number of ether oxygens (including phenoxy) is 2. The number of esters is 1. The van der Waals surface area contributed by atoms with Gasteiger partial charge in [0, 0.05) is 12.6 Å². The zero-order valence-electron chi connectivity index (χ0n) is 13.3. The van der Waals surface area contributed by atoms with Gasteiger partial charge in [-0.25, -0.2) is 4.79 Å². The van der Waals surface area contributed by atoms with E-state index in [0.29, 0.717) is 12.5 Å². The standard InChI is InChI=1S/C15H20N2O6/c1-10(2)6-7-16-14(18)9-23-15(19)11-4-5-13(22-3)12(8-11)17(20)21/h4-5,8,10H,6-7,9H2,1-3H3,(H,16,18). The predicted octanol–water partition coefficient (Wildman–Crippen LogP) is 1.92. The van der Waals surface area contributed by atoms with Gasteiger partial charge in [0.2, 0.25) is 0 Å². The number of nitro groups is 1. The van der Waals surface area contributed by atoms with E-state index in [1.807, 2.05) is 13.8 Å². The fourth-order valence-electron chi connectivity index (χ4n) is 1.73.